The summed E-state index contributed by atoms with van der Waals surface area (Å²) >= 11 is 4.91. The summed E-state index contributed by atoms with van der Waals surface area (Å²) in [6, 6.07) is 8.80. The summed E-state index contributed by atoms with van der Waals surface area (Å²) in [4.78, 5) is 11.5. The first-order valence-corrected chi connectivity index (χ1v) is 6.79. The summed E-state index contributed by atoms with van der Waals surface area (Å²) in [5.74, 6) is 0.301. The molecular weight excluding hydrogens is 318 g/mol. The van der Waals surface area contributed by atoms with Crippen LogP contribution in [0.15, 0.2) is 34.1 Å². The normalized spacial score (nSPS) is 10.3. The molecule has 0 saturated heterocycles. The van der Waals surface area contributed by atoms with Crippen LogP contribution in [0, 0.1) is 17.0 Å². The maximum Gasteiger partial charge on any atom is 0.311 e. The monoisotopic (exact) mass is 327 g/mol. The number of halogens is 1. The molecule has 1 heterocycles. The van der Waals surface area contributed by atoms with Gasteiger partial charge in [0.05, 0.1) is 8.71 Å². The second-order valence-corrected chi connectivity index (χ2v) is 6.27. The molecule has 0 aliphatic carbocycles. The van der Waals surface area contributed by atoms with Crippen molar-refractivity contribution in [1.82, 2.24) is 0 Å². The molecule has 0 bridgehead atoms. The summed E-state index contributed by atoms with van der Waals surface area (Å²) in [7, 11) is 0. The first kappa shape index (κ1) is 13.0. The highest BCUT2D eigenvalue weighted by Crippen LogP contribution is 2.29. The number of hydrogen-bond acceptors (Lipinski definition) is 4. The van der Waals surface area contributed by atoms with Crippen LogP contribution >= 0.6 is 27.3 Å². The van der Waals surface area contributed by atoms with Crippen molar-refractivity contribution in [3.63, 3.8) is 0 Å². The summed E-state index contributed by atoms with van der Waals surface area (Å²) < 4.78 is 6.51. The highest BCUT2D eigenvalue weighted by atomic mass is 79.9. The lowest BCUT2D eigenvalue weighted by molar-refractivity contribution is -0.386. The minimum absolute atomic E-state index is 0.00521. The number of benzene rings is 1. The van der Waals surface area contributed by atoms with Gasteiger partial charge in [0.15, 0.2) is 5.75 Å². The SMILES string of the molecule is Cc1ccc(OCc2ccc(Br)s2)c([N+](=O)[O-])c1. The number of nitro groups is 1. The highest BCUT2D eigenvalue weighted by Gasteiger charge is 2.15. The average Bonchev–Trinajstić information content (AvgIpc) is 2.73. The molecule has 0 atom stereocenters. The van der Waals surface area contributed by atoms with E-state index in [1.165, 1.54) is 6.07 Å². The van der Waals surface area contributed by atoms with Gasteiger partial charge in [-0.25, -0.2) is 0 Å². The molecule has 0 fully saturated rings. The first-order valence-electron chi connectivity index (χ1n) is 5.18. The Morgan fingerprint density at radius 3 is 2.78 bits per heavy atom. The Bertz CT molecular complexity index is 582. The molecule has 0 unspecified atom stereocenters. The van der Waals surface area contributed by atoms with E-state index in [-0.39, 0.29) is 5.69 Å². The molecule has 0 saturated carbocycles. The summed E-state index contributed by atoms with van der Waals surface area (Å²) in [5, 5.41) is 10.9. The van der Waals surface area contributed by atoms with E-state index in [0.29, 0.717) is 12.4 Å². The minimum atomic E-state index is -0.424. The molecule has 0 spiro atoms. The van der Waals surface area contributed by atoms with Gasteiger partial charge in [-0.1, -0.05) is 6.07 Å². The van der Waals surface area contributed by atoms with Gasteiger partial charge in [-0.2, -0.15) is 0 Å². The van der Waals surface area contributed by atoms with Gasteiger partial charge in [0.2, 0.25) is 0 Å². The molecule has 0 aliphatic heterocycles. The van der Waals surface area contributed by atoms with Gasteiger partial charge in [0, 0.05) is 10.9 Å². The molecule has 1 aromatic carbocycles. The lowest BCUT2D eigenvalue weighted by Crippen LogP contribution is -1.98. The summed E-state index contributed by atoms with van der Waals surface area (Å²) in [6.07, 6.45) is 0. The number of rotatable bonds is 4. The number of nitrogens with zero attached hydrogens (tertiary/aromatic N) is 1. The van der Waals surface area contributed by atoms with E-state index in [2.05, 4.69) is 15.9 Å². The predicted octanol–water partition coefficient (Wildman–Crippen LogP) is 4.31. The number of ether oxygens (including phenoxy) is 1. The van der Waals surface area contributed by atoms with Gasteiger partial charge in [0.1, 0.15) is 6.61 Å². The highest BCUT2D eigenvalue weighted by molar-refractivity contribution is 9.11. The molecule has 0 radical (unpaired) electrons. The van der Waals surface area contributed by atoms with Crippen molar-refractivity contribution in [1.29, 1.82) is 0 Å². The molecule has 94 valence electrons. The van der Waals surface area contributed by atoms with Crippen molar-refractivity contribution in [2.45, 2.75) is 13.5 Å². The second-order valence-electron chi connectivity index (χ2n) is 3.72. The van der Waals surface area contributed by atoms with E-state index in [0.717, 1.165) is 14.2 Å². The van der Waals surface area contributed by atoms with E-state index in [4.69, 9.17) is 4.74 Å². The van der Waals surface area contributed by atoms with E-state index in [1.54, 1.807) is 23.5 Å². The molecule has 1 aromatic heterocycles. The fraction of sp³-hybridized carbons (Fsp3) is 0.167. The number of aryl methyl sites for hydroxylation is 1. The minimum Gasteiger partial charge on any atom is -0.481 e. The third kappa shape index (κ3) is 3.08. The van der Waals surface area contributed by atoms with Crippen LogP contribution < -0.4 is 4.74 Å². The van der Waals surface area contributed by atoms with Crippen LogP contribution in [0.5, 0.6) is 5.75 Å². The predicted molar refractivity (Wildman–Crippen MR) is 74.2 cm³/mol. The molecular formula is C12H10BrNO3S. The zero-order chi connectivity index (χ0) is 13.1. The Hall–Kier alpha value is -1.40. The summed E-state index contributed by atoms with van der Waals surface area (Å²) in [6.45, 7) is 2.15. The van der Waals surface area contributed by atoms with Crippen LogP contribution in [0.3, 0.4) is 0 Å². The Kier molecular flexibility index (Phi) is 3.98. The van der Waals surface area contributed by atoms with Gasteiger partial charge < -0.3 is 4.74 Å². The quantitative estimate of drug-likeness (QED) is 0.621. The van der Waals surface area contributed by atoms with Crippen LogP contribution in [0.1, 0.15) is 10.4 Å². The molecule has 18 heavy (non-hydrogen) atoms. The fourth-order valence-electron chi connectivity index (χ4n) is 1.47. The third-order valence-corrected chi connectivity index (χ3v) is 3.91. The molecule has 6 heteroatoms. The first-order chi connectivity index (χ1) is 8.56. The van der Waals surface area contributed by atoms with Crippen LogP contribution in [-0.4, -0.2) is 4.92 Å². The van der Waals surface area contributed by atoms with Crippen LogP contribution in [0.25, 0.3) is 0 Å². The lowest BCUT2D eigenvalue weighted by Gasteiger charge is -2.05. The smallest absolute Gasteiger partial charge is 0.311 e. The Morgan fingerprint density at radius 2 is 2.17 bits per heavy atom. The van der Waals surface area contributed by atoms with E-state index < -0.39 is 4.92 Å². The molecule has 0 amide bonds. The van der Waals surface area contributed by atoms with Crippen molar-refractivity contribution in [3.05, 3.63) is 54.7 Å². The van der Waals surface area contributed by atoms with E-state index in [1.807, 2.05) is 19.1 Å². The zero-order valence-corrected chi connectivity index (χ0v) is 12.0. The van der Waals surface area contributed by atoms with Crippen molar-refractivity contribution in [2.24, 2.45) is 0 Å². The fourth-order valence-corrected chi connectivity index (χ4v) is 2.87. The molecule has 0 N–H and O–H groups in total. The standard InChI is InChI=1S/C12H10BrNO3S/c1-8-2-4-11(10(6-8)14(15)16)17-7-9-3-5-12(13)18-9/h2-6H,7H2,1H3. The van der Waals surface area contributed by atoms with E-state index >= 15 is 0 Å². The number of hydrogen-bond donors (Lipinski definition) is 0. The van der Waals surface area contributed by atoms with Crippen molar-refractivity contribution in [2.75, 3.05) is 0 Å². The summed E-state index contributed by atoms with van der Waals surface area (Å²) in [5.41, 5.74) is 0.846. The van der Waals surface area contributed by atoms with E-state index in [9.17, 15) is 10.1 Å². The molecule has 2 rings (SSSR count). The van der Waals surface area contributed by atoms with Gasteiger partial charge >= 0.3 is 5.69 Å². The largest absolute Gasteiger partial charge is 0.481 e. The van der Waals surface area contributed by atoms with Crippen LogP contribution in [-0.2, 0) is 6.61 Å². The van der Waals surface area contributed by atoms with Crippen LogP contribution in [0.2, 0.25) is 0 Å². The second kappa shape index (κ2) is 5.49. The Labute approximate surface area is 116 Å². The van der Waals surface area contributed by atoms with Crippen molar-refractivity contribution >= 4 is 33.0 Å². The van der Waals surface area contributed by atoms with Gasteiger partial charge in [-0.15, -0.1) is 11.3 Å². The maximum absolute atomic E-state index is 10.9. The lowest BCUT2D eigenvalue weighted by atomic mass is 10.2. The zero-order valence-electron chi connectivity index (χ0n) is 9.55. The van der Waals surface area contributed by atoms with Crippen molar-refractivity contribution in [3.8, 4) is 5.75 Å². The van der Waals surface area contributed by atoms with Crippen molar-refractivity contribution < 1.29 is 9.66 Å². The Morgan fingerprint density at radius 1 is 1.39 bits per heavy atom. The number of thiophene rings is 1. The molecule has 2 aromatic rings. The molecule has 4 nitrogen and oxygen atoms in total. The maximum atomic E-state index is 10.9. The topological polar surface area (TPSA) is 52.4 Å². The third-order valence-electron chi connectivity index (χ3n) is 2.31. The average molecular weight is 328 g/mol. The van der Waals surface area contributed by atoms with Gasteiger partial charge in [0.25, 0.3) is 0 Å². The molecule has 0 aliphatic rings. The van der Waals surface area contributed by atoms with Crippen LogP contribution in [0.4, 0.5) is 5.69 Å². The Balaban J connectivity index is 2.16. The van der Waals surface area contributed by atoms with Gasteiger partial charge in [-0.05, 0) is 46.6 Å². The van der Waals surface area contributed by atoms with Gasteiger partial charge in [-0.3, -0.25) is 10.1 Å². The number of nitro benzene ring substituents is 1.